The lowest BCUT2D eigenvalue weighted by atomic mass is 9.97. The van der Waals surface area contributed by atoms with Gasteiger partial charge in [0.15, 0.2) is 0 Å². The van der Waals surface area contributed by atoms with Crippen LogP contribution >= 0.6 is 0 Å². The number of nitrogens with one attached hydrogen (secondary N) is 1. The first-order valence-electron chi connectivity index (χ1n) is 7.40. The molecule has 1 aromatic heterocycles. The van der Waals surface area contributed by atoms with Crippen LogP contribution in [-0.2, 0) is 4.74 Å². The van der Waals surface area contributed by atoms with Gasteiger partial charge in [-0.3, -0.25) is 4.98 Å². The Morgan fingerprint density at radius 2 is 2.00 bits per heavy atom. The second kappa shape index (κ2) is 8.93. The van der Waals surface area contributed by atoms with Crippen LogP contribution in [0.4, 0.5) is 0 Å². The molecule has 1 heterocycles. The van der Waals surface area contributed by atoms with Gasteiger partial charge in [-0.2, -0.15) is 0 Å². The highest BCUT2D eigenvalue weighted by atomic mass is 16.5. The third-order valence-electron chi connectivity index (χ3n) is 3.05. The van der Waals surface area contributed by atoms with Crippen molar-refractivity contribution in [2.24, 2.45) is 5.92 Å². The van der Waals surface area contributed by atoms with Crippen molar-refractivity contribution in [3.63, 3.8) is 0 Å². The molecule has 1 aromatic rings. The van der Waals surface area contributed by atoms with E-state index in [1.807, 2.05) is 20.0 Å². The molecular weight excluding hydrogens is 252 g/mol. The summed E-state index contributed by atoms with van der Waals surface area (Å²) in [4.78, 5) is 4.30. The van der Waals surface area contributed by atoms with Crippen LogP contribution in [0.5, 0.6) is 5.75 Å². The molecule has 2 atom stereocenters. The number of rotatable bonds is 9. The van der Waals surface area contributed by atoms with E-state index in [-0.39, 0.29) is 12.1 Å². The molecule has 0 aliphatic rings. The van der Waals surface area contributed by atoms with E-state index in [0.29, 0.717) is 5.92 Å². The smallest absolute Gasteiger partial charge is 0.138 e. The topological polar surface area (TPSA) is 43.4 Å². The summed E-state index contributed by atoms with van der Waals surface area (Å²) < 4.78 is 10.9. The molecule has 0 amide bonds. The molecule has 20 heavy (non-hydrogen) atoms. The molecule has 0 spiro atoms. The lowest BCUT2D eigenvalue weighted by Gasteiger charge is -2.22. The van der Waals surface area contributed by atoms with E-state index in [1.165, 1.54) is 5.56 Å². The van der Waals surface area contributed by atoms with Crippen LogP contribution in [0, 0.1) is 5.92 Å². The Bertz CT molecular complexity index is 382. The fraction of sp³-hybridized carbons (Fsp3) is 0.688. The van der Waals surface area contributed by atoms with Crippen LogP contribution in [0.25, 0.3) is 0 Å². The normalized spacial score (nSPS) is 14.3. The molecule has 4 heteroatoms. The molecule has 0 aromatic carbocycles. The minimum Gasteiger partial charge on any atom is -0.489 e. The number of hydrogen-bond acceptors (Lipinski definition) is 4. The third kappa shape index (κ3) is 5.88. The van der Waals surface area contributed by atoms with Gasteiger partial charge in [0.25, 0.3) is 0 Å². The summed E-state index contributed by atoms with van der Waals surface area (Å²) in [6, 6.07) is 2.37. The highest BCUT2D eigenvalue weighted by Crippen LogP contribution is 2.24. The van der Waals surface area contributed by atoms with Crippen molar-refractivity contribution >= 4 is 0 Å². The van der Waals surface area contributed by atoms with Crippen LogP contribution < -0.4 is 10.1 Å². The lowest BCUT2D eigenvalue weighted by Crippen LogP contribution is -2.24. The Morgan fingerprint density at radius 3 is 2.60 bits per heavy atom. The number of pyridine rings is 1. The van der Waals surface area contributed by atoms with Crippen LogP contribution in [0.1, 0.15) is 45.7 Å². The molecule has 0 saturated heterocycles. The minimum atomic E-state index is 0.164. The summed E-state index contributed by atoms with van der Waals surface area (Å²) in [5, 5.41) is 3.52. The molecular formula is C16H28N2O2. The van der Waals surface area contributed by atoms with Crippen molar-refractivity contribution in [1.82, 2.24) is 10.3 Å². The van der Waals surface area contributed by atoms with E-state index in [9.17, 15) is 0 Å². The molecule has 114 valence electrons. The standard InChI is InChI=1S/C16H28N2O2/c1-6-18-16(7-13(4)11-19-5)14-8-15(10-17-9-14)20-12(2)3/h8-10,12-13,16,18H,6-7,11H2,1-5H3. The maximum absolute atomic E-state index is 5.72. The van der Waals surface area contributed by atoms with Crippen LogP contribution in [0.15, 0.2) is 18.5 Å². The second-order valence-electron chi connectivity index (χ2n) is 5.53. The van der Waals surface area contributed by atoms with Crippen LogP contribution in [0.2, 0.25) is 0 Å². The third-order valence-corrected chi connectivity index (χ3v) is 3.05. The van der Waals surface area contributed by atoms with Crippen LogP contribution in [-0.4, -0.2) is 31.3 Å². The van der Waals surface area contributed by atoms with Gasteiger partial charge < -0.3 is 14.8 Å². The highest BCUT2D eigenvalue weighted by molar-refractivity contribution is 5.26. The van der Waals surface area contributed by atoms with Gasteiger partial charge in [-0.25, -0.2) is 0 Å². The number of nitrogens with zero attached hydrogens (tertiary/aromatic N) is 1. The van der Waals surface area contributed by atoms with Gasteiger partial charge >= 0.3 is 0 Å². The van der Waals surface area contributed by atoms with Crippen molar-refractivity contribution < 1.29 is 9.47 Å². The summed E-state index contributed by atoms with van der Waals surface area (Å²) in [5.74, 6) is 1.33. The zero-order valence-corrected chi connectivity index (χ0v) is 13.3. The number of methoxy groups -OCH3 is 1. The first-order valence-corrected chi connectivity index (χ1v) is 7.40. The predicted molar refractivity (Wildman–Crippen MR) is 82.1 cm³/mol. The van der Waals surface area contributed by atoms with Crippen molar-refractivity contribution in [3.8, 4) is 5.75 Å². The molecule has 2 unspecified atom stereocenters. The van der Waals surface area contributed by atoms with E-state index in [0.717, 1.165) is 25.3 Å². The molecule has 0 aliphatic heterocycles. The van der Waals surface area contributed by atoms with E-state index < -0.39 is 0 Å². The zero-order valence-electron chi connectivity index (χ0n) is 13.3. The molecule has 4 nitrogen and oxygen atoms in total. The SMILES string of the molecule is CCNC(CC(C)COC)c1cncc(OC(C)C)c1. The van der Waals surface area contributed by atoms with Gasteiger partial charge in [0, 0.05) is 26.0 Å². The largest absolute Gasteiger partial charge is 0.489 e. The van der Waals surface area contributed by atoms with Crippen molar-refractivity contribution in [2.75, 3.05) is 20.3 Å². The van der Waals surface area contributed by atoms with E-state index in [4.69, 9.17) is 9.47 Å². The first kappa shape index (κ1) is 16.9. The second-order valence-corrected chi connectivity index (χ2v) is 5.53. The molecule has 0 aliphatic carbocycles. The quantitative estimate of drug-likeness (QED) is 0.754. The number of aromatic nitrogens is 1. The summed E-state index contributed by atoms with van der Waals surface area (Å²) in [5.41, 5.74) is 1.17. The van der Waals surface area contributed by atoms with Gasteiger partial charge in [-0.15, -0.1) is 0 Å². The first-order chi connectivity index (χ1) is 9.56. The average molecular weight is 280 g/mol. The summed E-state index contributed by atoms with van der Waals surface area (Å²) in [6.07, 6.45) is 4.87. The Balaban J connectivity index is 2.79. The van der Waals surface area contributed by atoms with E-state index in [1.54, 1.807) is 13.3 Å². The molecule has 0 saturated carbocycles. The Morgan fingerprint density at radius 1 is 1.25 bits per heavy atom. The van der Waals surface area contributed by atoms with E-state index in [2.05, 4.69) is 30.2 Å². The Hall–Kier alpha value is -1.13. The Labute approximate surface area is 122 Å². The fourth-order valence-electron chi connectivity index (χ4n) is 2.30. The summed E-state index contributed by atoms with van der Waals surface area (Å²) >= 11 is 0. The average Bonchev–Trinajstić information content (AvgIpc) is 2.38. The minimum absolute atomic E-state index is 0.164. The molecule has 0 fully saturated rings. The van der Waals surface area contributed by atoms with Gasteiger partial charge in [0.1, 0.15) is 5.75 Å². The van der Waals surface area contributed by atoms with Crippen LogP contribution in [0.3, 0.4) is 0 Å². The molecule has 1 N–H and O–H groups in total. The van der Waals surface area contributed by atoms with Gasteiger partial charge in [-0.05, 0) is 44.4 Å². The molecule has 0 bridgehead atoms. The Kier molecular flexibility index (Phi) is 7.55. The van der Waals surface area contributed by atoms with Gasteiger partial charge in [0.2, 0.25) is 0 Å². The van der Waals surface area contributed by atoms with Gasteiger partial charge in [-0.1, -0.05) is 13.8 Å². The van der Waals surface area contributed by atoms with Gasteiger partial charge in [0.05, 0.1) is 12.3 Å². The highest BCUT2D eigenvalue weighted by Gasteiger charge is 2.15. The summed E-state index contributed by atoms with van der Waals surface area (Å²) in [6.45, 7) is 10.1. The fourth-order valence-corrected chi connectivity index (χ4v) is 2.30. The number of hydrogen-bond donors (Lipinski definition) is 1. The lowest BCUT2D eigenvalue weighted by molar-refractivity contribution is 0.149. The summed E-state index contributed by atoms with van der Waals surface area (Å²) in [7, 11) is 1.75. The van der Waals surface area contributed by atoms with E-state index >= 15 is 0 Å². The maximum atomic E-state index is 5.72. The monoisotopic (exact) mass is 280 g/mol. The zero-order chi connectivity index (χ0) is 15.0. The van der Waals surface area contributed by atoms with Crippen molar-refractivity contribution in [1.29, 1.82) is 0 Å². The molecule has 1 rings (SSSR count). The van der Waals surface area contributed by atoms with Crippen molar-refractivity contribution in [3.05, 3.63) is 24.0 Å². The molecule has 0 radical (unpaired) electrons. The number of ether oxygens (including phenoxy) is 2. The predicted octanol–water partition coefficient (Wildman–Crippen LogP) is 3.19. The maximum Gasteiger partial charge on any atom is 0.138 e. The van der Waals surface area contributed by atoms with Crippen molar-refractivity contribution in [2.45, 2.75) is 46.3 Å².